The molecular formula is C25H33FN8O2. The molecule has 36 heavy (non-hydrogen) atoms. The van der Waals surface area contributed by atoms with E-state index < -0.39 is 5.82 Å². The highest BCUT2D eigenvalue weighted by Gasteiger charge is 2.55. The van der Waals surface area contributed by atoms with Gasteiger partial charge < -0.3 is 36.2 Å². The molecule has 6 rings (SSSR count). The van der Waals surface area contributed by atoms with Gasteiger partial charge >= 0.3 is 0 Å². The van der Waals surface area contributed by atoms with Crippen molar-refractivity contribution in [2.75, 3.05) is 61.9 Å². The van der Waals surface area contributed by atoms with E-state index in [0.717, 1.165) is 62.3 Å². The minimum atomic E-state index is -0.560. The van der Waals surface area contributed by atoms with Crippen molar-refractivity contribution in [2.45, 2.75) is 24.9 Å². The third-order valence-electron chi connectivity index (χ3n) is 8.21. The Morgan fingerprint density at radius 2 is 2.06 bits per heavy atom. The van der Waals surface area contributed by atoms with Crippen molar-refractivity contribution in [2.24, 2.45) is 23.5 Å². The largest absolute Gasteiger partial charge is 0.490 e. The lowest BCUT2D eigenvalue weighted by Gasteiger charge is -2.36. The summed E-state index contributed by atoms with van der Waals surface area (Å²) in [6, 6.07) is 5.87. The van der Waals surface area contributed by atoms with E-state index in [1.54, 1.807) is 0 Å². The maximum absolute atomic E-state index is 14.8. The van der Waals surface area contributed by atoms with E-state index in [1.807, 2.05) is 12.1 Å². The zero-order valence-corrected chi connectivity index (χ0v) is 20.4. The molecule has 6 bridgehead atoms. The highest BCUT2D eigenvalue weighted by molar-refractivity contribution is 5.79. The number of nitrogens with one attached hydrogen (secondary N) is 3. The molecule has 0 spiro atoms. The number of benzene rings is 1. The number of amides is 1. The Kier molecular flexibility index (Phi) is 6.04. The second kappa shape index (κ2) is 9.36. The van der Waals surface area contributed by atoms with Gasteiger partial charge in [0.05, 0.1) is 17.8 Å². The lowest BCUT2D eigenvalue weighted by atomic mass is 9.81. The molecule has 5 atom stereocenters. The number of likely N-dealkylation sites (N-methyl/N-ethyl adjacent to an activating group) is 1. The molecule has 2 aliphatic heterocycles. The predicted molar refractivity (Wildman–Crippen MR) is 135 cm³/mol. The van der Waals surface area contributed by atoms with E-state index in [0.29, 0.717) is 13.2 Å². The minimum absolute atomic E-state index is 0.0791. The first-order valence-electron chi connectivity index (χ1n) is 12.8. The summed E-state index contributed by atoms with van der Waals surface area (Å²) in [6.07, 6.45) is 2.89. The number of carbonyl (C=O) groups is 1. The molecule has 2 saturated carbocycles. The fraction of sp³-hybridized carbons (Fsp3) is 0.560. The summed E-state index contributed by atoms with van der Waals surface area (Å²) in [7, 11) is 2.14. The second-order valence-electron chi connectivity index (χ2n) is 10.4. The average molecular weight is 497 g/mol. The molecule has 1 aromatic heterocycles. The molecule has 1 saturated heterocycles. The van der Waals surface area contributed by atoms with Crippen molar-refractivity contribution in [3.63, 3.8) is 0 Å². The number of nitrogens with zero attached hydrogens (tertiary/aromatic N) is 4. The fourth-order valence-electron chi connectivity index (χ4n) is 6.44. The zero-order valence-electron chi connectivity index (χ0n) is 20.4. The van der Waals surface area contributed by atoms with Crippen LogP contribution in [0.5, 0.6) is 5.75 Å². The summed E-state index contributed by atoms with van der Waals surface area (Å²) in [5.74, 6) is 0.185. The van der Waals surface area contributed by atoms with Gasteiger partial charge in [-0.2, -0.15) is 4.98 Å². The molecule has 0 unspecified atom stereocenters. The standard InChI is InChI=1S/C25H33FN8O2/c1-33-5-7-34(8-6-33)19-3-2-15-12-20(19)36-9-4-28-18-11-14-10-16(18)22(21(14)23(27)35)31-24-17(26)13-29-25(30-15)32-24/h2-3,12-14,16,18,21-22,28H,4-11H2,1H3,(H2,27,35)(H2,29,30,31,32)/t14-,16-,18-,21+,22-/m1/s1. The van der Waals surface area contributed by atoms with Gasteiger partial charge in [0.1, 0.15) is 12.4 Å². The number of ether oxygens (including phenoxy) is 1. The van der Waals surface area contributed by atoms with Gasteiger partial charge in [0.15, 0.2) is 11.6 Å². The fourth-order valence-corrected chi connectivity index (χ4v) is 6.44. The van der Waals surface area contributed by atoms with Gasteiger partial charge in [-0.05, 0) is 43.9 Å². The van der Waals surface area contributed by atoms with Crippen molar-refractivity contribution < 1.29 is 13.9 Å². The Balaban J connectivity index is 1.32. The summed E-state index contributed by atoms with van der Waals surface area (Å²) in [6.45, 7) is 5.04. The number of halogens is 1. The number of rotatable bonds is 2. The molecular weight excluding hydrogens is 463 g/mol. The van der Waals surface area contributed by atoms with E-state index in [2.05, 4.69) is 48.8 Å². The lowest BCUT2D eigenvalue weighted by Crippen LogP contribution is -2.51. The third-order valence-corrected chi connectivity index (χ3v) is 8.21. The highest BCUT2D eigenvalue weighted by atomic mass is 19.1. The smallest absolute Gasteiger partial charge is 0.229 e. The van der Waals surface area contributed by atoms with Gasteiger partial charge in [-0.15, -0.1) is 0 Å². The van der Waals surface area contributed by atoms with E-state index >= 15 is 0 Å². The number of anilines is 4. The van der Waals surface area contributed by atoms with E-state index in [4.69, 9.17) is 10.5 Å². The van der Waals surface area contributed by atoms with Crippen LogP contribution in [-0.2, 0) is 4.79 Å². The van der Waals surface area contributed by atoms with Crippen molar-refractivity contribution in [3.05, 3.63) is 30.2 Å². The molecule has 2 aromatic rings. The van der Waals surface area contributed by atoms with E-state index in [9.17, 15) is 9.18 Å². The number of hydrogen-bond acceptors (Lipinski definition) is 9. The van der Waals surface area contributed by atoms with Crippen LogP contribution < -0.4 is 31.3 Å². The minimum Gasteiger partial charge on any atom is -0.490 e. The molecule has 11 heteroatoms. The quantitative estimate of drug-likeness (QED) is 0.489. The predicted octanol–water partition coefficient (Wildman–Crippen LogP) is 1.38. The molecule has 4 aliphatic rings. The van der Waals surface area contributed by atoms with Gasteiger partial charge in [0.2, 0.25) is 11.9 Å². The van der Waals surface area contributed by atoms with Crippen LogP contribution >= 0.6 is 0 Å². The van der Waals surface area contributed by atoms with Crippen molar-refractivity contribution >= 4 is 29.0 Å². The third kappa shape index (κ3) is 4.30. The van der Waals surface area contributed by atoms with Gasteiger partial charge in [-0.3, -0.25) is 4.79 Å². The maximum Gasteiger partial charge on any atom is 0.229 e. The topological polar surface area (TPSA) is 121 Å². The summed E-state index contributed by atoms with van der Waals surface area (Å²) in [4.78, 5) is 25.5. The summed E-state index contributed by atoms with van der Waals surface area (Å²) >= 11 is 0. The monoisotopic (exact) mass is 496 g/mol. The molecule has 0 radical (unpaired) electrons. The van der Waals surface area contributed by atoms with Crippen LogP contribution in [0.2, 0.25) is 0 Å². The first-order valence-corrected chi connectivity index (χ1v) is 12.8. The number of aromatic nitrogens is 2. The molecule has 1 aromatic carbocycles. The van der Waals surface area contributed by atoms with Gasteiger partial charge in [0, 0.05) is 56.6 Å². The van der Waals surface area contributed by atoms with Gasteiger partial charge in [-0.1, -0.05) is 0 Å². The van der Waals surface area contributed by atoms with E-state index in [-0.39, 0.29) is 47.5 Å². The number of hydrogen-bond donors (Lipinski definition) is 4. The molecule has 3 fully saturated rings. The first-order chi connectivity index (χ1) is 17.5. The Morgan fingerprint density at radius 3 is 2.86 bits per heavy atom. The summed E-state index contributed by atoms with van der Waals surface area (Å²) in [5.41, 5.74) is 7.58. The SMILES string of the molecule is CN1CCN(c2ccc3cc2OCCN[C@@H]2C[C@H]4C[C@H]2[C@@H](Nc2nc(ncc2F)N3)[C@H]4C(N)=O)CC1. The summed E-state index contributed by atoms with van der Waals surface area (Å²) < 4.78 is 21.1. The number of nitrogens with two attached hydrogens (primary N) is 1. The van der Waals surface area contributed by atoms with Crippen LogP contribution in [0.25, 0.3) is 0 Å². The molecule has 1 amide bonds. The van der Waals surface area contributed by atoms with Gasteiger partial charge in [0.25, 0.3) is 0 Å². The van der Waals surface area contributed by atoms with Crippen molar-refractivity contribution in [1.29, 1.82) is 0 Å². The maximum atomic E-state index is 14.8. The van der Waals surface area contributed by atoms with Crippen LogP contribution in [0.15, 0.2) is 24.4 Å². The van der Waals surface area contributed by atoms with Crippen molar-refractivity contribution in [3.8, 4) is 5.75 Å². The molecule has 5 N–H and O–H groups in total. The number of carbonyl (C=O) groups excluding carboxylic acids is 1. The molecule has 3 heterocycles. The Bertz CT molecular complexity index is 1140. The Morgan fingerprint density at radius 1 is 1.22 bits per heavy atom. The molecule has 192 valence electrons. The van der Waals surface area contributed by atoms with Crippen LogP contribution in [-0.4, -0.2) is 79.2 Å². The normalized spacial score (nSPS) is 29.9. The van der Waals surface area contributed by atoms with Crippen LogP contribution in [0, 0.1) is 23.6 Å². The second-order valence-corrected chi connectivity index (χ2v) is 10.4. The Hall–Kier alpha value is -3.18. The van der Waals surface area contributed by atoms with Crippen LogP contribution in [0.1, 0.15) is 12.8 Å². The van der Waals surface area contributed by atoms with Crippen LogP contribution in [0.3, 0.4) is 0 Å². The van der Waals surface area contributed by atoms with E-state index in [1.165, 1.54) is 0 Å². The zero-order chi connectivity index (χ0) is 24.8. The molecule has 10 nitrogen and oxygen atoms in total. The summed E-state index contributed by atoms with van der Waals surface area (Å²) in [5, 5.41) is 10.0. The number of piperazine rings is 1. The average Bonchev–Trinajstić information content (AvgIpc) is 3.42. The van der Waals surface area contributed by atoms with Crippen molar-refractivity contribution in [1.82, 2.24) is 20.2 Å². The number of fused-ring (bicyclic) bond motifs is 5. The molecule has 2 aliphatic carbocycles. The number of primary amides is 1. The highest BCUT2D eigenvalue weighted by Crippen LogP contribution is 2.49. The Labute approximate surface area is 209 Å². The first kappa shape index (κ1) is 23.2. The van der Waals surface area contributed by atoms with Crippen LogP contribution in [0.4, 0.5) is 27.5 Å². The van der Waals surface area contributed by atoms with Gasteiger partial charge in [-0.25, -0.2) is 9.37 Å². The lowest BCUT2D eigenvalue weighted by molar-refractivity contribution is -0.123.